The molecule has 2 bridgehead atoms. The number of likely N-dealkylation sites (N-methyl/N-ethyl adjacent to an activating group) is 1. The maximum Gasteiger partial charge on any atom is 0.0767 e. The second-order valence-electron chi connectivity index (χ2n) is 6.45. The van der Waals surface area contributed by atoms with Crippen molar-refractivity contribution in [3.63, 3.8) is 0 Å². The molecule has 0 radical (unpaired) electrons. The summed E-state index contributed by atoms with van der Waals surface area (Å²) in [5.41, 5.74) is 2.55. The molecule has 5 heteroatoms. The Morgan fingerprint density at radius 2 is 1.95 bits per heavy atom. The molecule has 0 aliphatic carbocycles. The Morgan fingerprint density at radius 3 is 2.67 bits per heavy atom. The molecule has 4 nitrogen and oxygen atoms in total. The largest absolute Gasteiger partial charge is 0.299 e. The summed E-state index contributed by atoms with van der Waals surface area (Å²) in [7, 11) is 2.31. The van der Waals surface area contributed by atoms with Crippen LogP contribution in [0.25, 0.3) is 0 Å². The van der Waals surface area contributed by atoms with Gasteiger partial charge in [0.25, 0.3) is 0 Å². The summed E-state index contributed by atoms with van der Waals surface area (Å²) in [6.45, 7) is 8.76. The molecule has 0 N–H and O–H groups in total. The van der Waals surface area contributed by atoms with Crippen LogP contribution in [0.3, 0.4) is 0 Å². The van der Waals surface area contributed by atoms with Gasteiger partial charge >= 0.3 is 0 Å². The smallest absolute Gasteiger partial charge is 0.0767 e. The number of fused-ring (bicyclic) bond motifs is 2. The molecular weight excluding hydrogens is 328 g/mol. The minimum Gasteiger partial charge on any atom is -0.299 e. The predicted molar refractivity (Wildman–Crippen MR) is 89.4 cm³/mol. The van der Waals surface area contributed by atoms with E-state index in [4.69, 9.17) is 5.10 Å². The first-order valence-corrected chi connectivity index (χ1v) is 9.11. The van der Waals surface area contributed by atoms with E-state index in [0.29, 0.717) is 0 Å². The van der Waals surface area contributed by atoms with Crippen LogP contribution >= 0.6 is 15.9 Å². The van der Waals surface area contributed by atoms with Crippen molar-refractivity contribution in [1.82, 2.24) is 19.6 Å². The highest BCUT2D eigenvalue weighted by atomic mass is 79.9. The van der Waals surface area contributed by atoms with Crippen molar-refractivity contribution in [3.05, 3.63) is 15.9 Å². The monoisotopic (exact) mass is 354 g/mol. The topological polar surface area (TPSA) is 24.3 Å². The van der Waals surface area contributed by atoms with Gasteiger partial charge in [-0.1, -0.05) is 6.92 Å². The molecular formula is C16H27BrN4. The summed E-state index contributed by atoms with van der Waals surface area (Å²) in [6.07, 6.45) is 5.07. The van der Waals surface area contributed by atoms with Gasteiger partial charge in [-0.25, -0.2) is 0 Å². The molecule has 0 saturated carbocycles. The molecule has 2 fully saturated rings. The molecule has 2 unspecified atom stereocenters. The maximum absolute atomic E-state index is 4.73. The molecule has 118 valence electrons. The lowest BCUT2D eigenvalue weighted by atomic mass is 10.1. The lowest BCUT2D eigenvalue weighted by Gasteiger charge is -2.26. The summed E-state index contributed by atoms with van der Waals surface area (Å²) in [5.74, 6) is 0. The summed E-state index contributed by atoms with van der Waals surface area (Å²) in [6, 6.07) is 1.56. The standard InChI is InChI=1S/C16H27BrN4/c1-4-14-16(17)15(21(5-2)18-14)11-20-9-8-12-6-7-13(10-20)19(12)3/h12-13H,4-11H2,1-3H3. The number of hydrogen-bond donors (Lipinski definition) is 0. The normalized spacial score (nSPS) is 27.2. The molecule has 0 aromatic carbocycles. The van der Waals surface area contributed by atoms with Crippen LogP contribution in [0.4, 0.5) is 0 Å². The van der Waals surface area contributed by atoms with Crippen molar-refractivity contribution in [2.24, 2.45) is 0 Å². The van der Waals surface area contributed by atoms with Gasteiger partial charge in [0.05, 0.1) is 15.9 Å². The van der Waals surface area contributed by atoms with Crippen LogP contribution in [0, 0.1) is 0 Å². The number of nitrogens with zero attached hydrogens (tertiary/aromatic N) is 4. The highest BCUT2D eigenvalue weighted by molar-refractivity contribution is 9.10. The Balaban J connectivity index is 1.76. The lowest BCUT2D eigenvalue weighted by Crippen LogP contribution is -2.36. The molecule has 0 amide bonds. The van der Waals surface area contributed by atoms with Crippen LogP contribution in [0.15, 0.2) is 4.47 Å². The molecule has 0 spiro atoms. The Morgan fingerprint density at radius 1 is 1.19 bits per heavy atom. The maximum atomic E-state index is 4.73. The first-order chi connectivity index (χ1) is 10.1. The zero-order chi connectivity index (χ0) is 15.0. The van der Waals surface area contributed by atoms with Crippen molar-refractivity contribution < 1.29 is 0 Å². The first kappa shape index (κ1) is 15.5. The Labute approximate surface area is 136 Å². The molecule has 2 aliphatic heterocycles. The summed E-state index contributed by atoms with van der Waals surface area (Å²) in [4.78, 5) is 5.25. The van der Waals surface area contributed by atoms with Crippen molar-refractivity contribution in [2.45, 2.75) is 64.7 Å². The van der Waals surface area contributed by atoms with E-state index in [1.54, 1.807) is 0 Å². The van der Waals surface area contributed by atoms with E-state index >= 15 is 0 Å². The van der Waals surface area contributed by atoms with Gasteiger partial charge in [0, 0.05) is 38.3 Å². The number of aryl methyl sites for hydroxylation is 2. The van der Waals surface area contributed by atoms with E-state index in [1.165, 1.54) is 48.2 Å². The molecule has 3 rings (SSSR count). The first-order valence-electron chi connectivity index (χ1n) is 8.32. The van der Waals surface area contributed by atoms with Crippen LogP contribution in [-0.2, 0) is 19.5 Å². The minimum atomic E-state index is 0.750. The second-order valence-corrected chi connectivity index (χ2v) is 7.24. The minimum absolute atomic E-state index is 0.750. The predicted octanol–water partition coefficient (Wildman–Crippen LogP) is 2.90. The van der Waals surface area contributed by atoms with Crippen molar-refractivity contribution in [2.75, 3.05) is 20.1 Å². The fourth-order valence-electron chi connectivity index (χ4n) is 3.90. The van der Waals surface area contributed by atoms with E-state index in [2.05, 4.69) is 51.3 Å². The molecule has 1 aromatic rings. The molecule has 2 atom stereocenters. The van der Waals surface area contributed by atoms with Gasteiger partial charge in [0.1, 0.15) is 0 Å². The molecule has 3 heterocycles. The van der Waals surface area contributed by atoms with Crippen molar-refractivity contribution in [1.29, 1.82) is 0 Å². The fourth-order valence-corrected chi connectivity index (χ4v) is 4.59. The van der Waals surface area contributed by atoms with Crippen LogP contribution in [-0.4, -0.2) is 51.8 Å². The van der Waals surface area contributed by atoms with E-state index < -0.39 is 0 Å². The van der Waals surface area contributed by atoms with Gasteiger partial charge in [0.15, 0.2) is 0 Å². The number of likely N-dealkylation sites (tertiary alicyclic amines) is 1. The lowest BCUT2D eigenvalue weighted by molar-refractivity contribution is 0.211. The van der Waals surface area contributed by atoms with Gasteiger partial charge in [-0.15, -0.1) is 0 Å². The zero-order valence-corrected chi connectivity index (χ0v) is 15.1. The Bertz CT molecular complexity index is 499. The average molecular weight is 355 g/mol. The quantitative estimate of drug-likeness (QED) is 0.830. The highest BCUT2D eigenvalue weighted by Crippen LogP contribution is 2.30. The van der Waals surface area contributed by atoms with Gasteiger partial charge < -0.3 is 0 Å². The molecule has 21 heavy (non-hydrogen) atoms. The number of hydrogen-bond acceptors (Lipinski definition) is 3. The Hall–Kier alpha value is -0.390. The third kappa shape index (κ3) is 2.92. The van der Waals surface area contributed by atoms with Crippen LogP contribution in [0.2, 0.25) is 0 Å². The highest BCUT2D eigenvalue weighted by Gasteiger charge is 2.34. The molecule has 2 aliphatic rings. The number of rotatable bonds is 4. The SMILES string of the molecule is CCc1nn(CC)c(CN2CCC3CCC(C2)N3C)c1Br. The molecule has 2 saturated heterocycles. The van der Waals surface area contributed by atoms with E-state index in [9.17, 15) is 0 Å². The van der Waals surface area contributed by atoms with Gasteiger partial charge in [0.2, 0.25) is 0 Å². The van der Waals surface area contributed by atoms with Crippen LogP contribution in [0.1, 0.15) is 44.5 Å². The van der Waals surface area contributed by atoms with Crippen molar-refractivity contribution in [3.8, 4) is 0 Å². The van der Waals surface area contributed by atoms with Gasteiger partial charge in [-0.05, 0) is 55.6 Å². The number of aromatic nitrogens is 2. The summed E-state index contributed by atoms with van der Waals surface area (Å²) >= 11 is 3.78. The van der Waals surface area contributed by atoms with E-state index in [1.807, 2.05) is 0 Å². The fraction of sp³-hybridized carbons (Fsp3) is 0.812. The van der Waals surface area contributed by atoms with Crippen LogP contribution in [0.5, 0.6) is 0 Å². The third-order valence-corrected chi connectivity index (χ3v) is 6.22. The van der Waals surface area contributed by atoms with E-state index in [-0.39, 0.29) is 0 Å². The van der Waals surface area contributed by atoms with Gasteiger partial charge in [-0.2, -0.15) is 5.10 Å². The van der Waals surface area contributed by atoms with E-state index in [0.717, 1.165) is 31.6 Å². The zero-order valence-electron chi connectivity index (χ0n) is 13.5. The van der Waals surface area contributed by atoms with Crippen LogP contribution < -0.4 is 0 Å². The van der Waals surface area contributed by atoms with Crippen molar-refractivity contribution >= 4 is 15.9 Å². The third-order valence-electron chi connectivity index (χ3n) is 5.30. The summed E-state index contributed by atoms with van der Waals surface area (Å²) < 4.78 is 3.41. The molecule has 1 aromatic heterocycles. The number of halogens is 1. The summed E-state index contributed by atoms with van der Waals surface area (Å²) in [5, 5.41) is 4.73. The average Bonchev–Trinajstić information content (AvgIpc) is 2.91. The Kier molecular flexibility index (Phi) is 4.71. The van der Waals surface area contributed by atoms with Gasteiger partial charge in [-0.3, -0.25) is 14.5 Å². The second kappa shape index (κ2) is 6.39.